The van der Waals surface area contributed by atoms with Crippen molar-refractivity contribution in [1.29, 1.82) is 0 Å². The number of carbonyl (C=O) groups excluding carboxylic acids is 4. The third-order valence-corrected chi connectivity index (χ3v) is 7.64. The van der Waals surface area contributed by atoms with Gasteiger partial charge in [0.05, 0.1) is 32.2 Å². The van der Waals surface area contributed by atoms with Crippen molar-refractivity contribution >= 4 is 23.7 Å². The lowest BCUT2D eigenvalue weighted by Crippen LogP contribution is -2.71. The third kappa shape index (κ3) is 17.2. The van der Waals surface area contributed by atoms with Crippen molar-refractivity contribution in [2.45, 2.75) is 103 Å². The largest absolute Gasteiger partial charge is 0.488 e. The fraction of sp³-hybridized carbons (Fsp3) is 0.550. The lowest BCUT2D eigenvalue weighted by molar-refractivity contribution is -0.403. The van der Waals surface area contributed by atoms with E-state index in [2.05, 4.69) is 27.6 Å². The number of nitrogens with one attached hydrogen (secondary N) is 3. The Labute approximate surface area is 309 Å². The van der Waals surface area contributed by atoms with Gasteiger partial charge in [-0.15, -0.1) is 6.42 Å². The zero-order valence-corrected chi connectivity index (χ0v) is 32.1. The Kier molecular flexibility index (Phi) is 17.3. The minimum Gasteiger partial charge on any atom is -0.488 e. The van der Waals surface area contributed by atoms with E-state index in [1.165, 1.54) is 0 Å². The van der Waals surface area contributed by atoms with Gasteiger partial charge in [0.1, 0.15) is 29.6 Å². The Morgan fingerprint density at radius 3 is 1.98 bits per heavy atom. The Morgan fingerprint density at radius 1 is 0.769 bits per heavy atom. The minimum absolute atomic E-state index is 0.126. The van der Waals surface area contributed by atoms with E-state index in [1.54, 1.807) is 34.6 Å². The van der Waals surface area contributed by atoms with Crippen molar-refractivity contribution in [1.82, 2.24) is 16.0 Å². The highest BCUT2D eigenvalue weighted by molar-refractivity contribution is 5.92. The van der Waals surface area contributed by atoms with Crippen LogP contribution in [-0.4, -0.2) is 85.5 Å². The number of esters is 1. The second-order valence-corrected chi connectivity index (χ2v) is 15.2. The van der Waals surface area contributed by atoms with Crippen LogP contribution in [0.3, 0.4) is 0 Å². The summed E-state index contributed by atoms with van der Waals surface area (Å²) in [5.74, 6) is 0.163. The fourth-order valence-corrected chi connectivity index (χ4v) is 5.21. The van der Waals surface area contributed by atoms with Crippen molar-refractivity contribution in [3.05, 3.63) is 65.7 Å². The molecule has 3 amide bonds. The molecule has 0 aliphatic rings. The van der Waals surface area contributed by atoms with Crippen molar-refractivity contribution in [3.63, 3.8) is 0 Å². The van der Waals surface area contributed by atoms with Gasteiger partial charge in [-0.2, -0.15) is 0 Å². The molecule has 2 rings (SSSR count). The number of quaternary nitrogens is 1. The molecule has 0 bridgehead atoms. The molecule has 2 aromatic carbocycles. The van der Waals surface area contributed by atoms with Crippen LogP contribution in [-0.2, 0) is 46.2 Å². The highest BCUT2D eigenvalue weighted by atomic mass is 16.6. The molecule has 0 aliphatic heterocycles. The van der Waals surface area contributed by atoms with Crippen LogP contribution in [0.5, 0.6) is 5.75 Å². The SMILES string of the molecule is C#CCOCCOCCNC(=O)C(CC(=O)OC(C)(C)C)NC(=O)C(Cc1ccccc1)C(C)(C)NC(=O)C([NH3+])Cc1ccc(OC(C)(C)C)cc1. The monoisotopic (exact) mass is 723 g/mol. The number of hydrogen-bond acceptors (Lipinski definition) is 8. The van der Waals surface area contributed by atoms with E-state index in [1.807, 2.05) is 75.4 Å². The summed E-state index contributed by atoms with van der Waals surface area (Å²) in [6.07, 6.45) is 5.37. The van der Waals surface area contributed by atoms with Gasteiger partial charge in [0.15, 0.2) is 6.04 Å². The van der Waals surface area contributed by atoms with E-state index in [-0.39, 0.29) is 44.3 Å². The van der Waals surface area contributed by atoms with E-state index in [4.69, 9.17) is 25.4 Å². The Morgan fingerprint density at radius 2 is 1.38 bits per heavy atom. The lowest BCUT2D eigenvalue weighted by Gasteiger charge is -2.36. The molecule has 12 nitrogen and oxygen atoms in total. The van der Waals surface area contributed by atoms with Crippen LogP contribution in [0.15, 0.2) is 54.6 Å². The number of rotatable bonds is 20. The molecule has 0 aromatic heterocycles. The first-order valence-corrected chi connectivity index (χ1v) is 17.7. The van der Waals surface area contributed by atoms with Gasteiger partial charge in [0.2, 0.25) is 11.8 Å². The van der Waals surface area contributed by atoms with Crippen molar-refractivity contribution in [3.8, 4) is 18.1 Å². The first kappa shape index (κ1) is 43.7. The average Bonchev–Trinajstić information content (AvgIpc) is 3.04. The number of hydrogen-bond donors (Lipinski definition) is 4. The molecule has 286 valence electrons. The normalized spacial score (nSPS) is 13.5. The Hall–Kier alpha value is -4.44. The molecule has 0 spiro atoms. The van der Waals surface area contributed by atoms with Crippen molar-refractivity contribution in [2.75, 3.05) is 33.0 Å². The van der Waals surface area contributed by atoms with Crippen LogP contribution in [0.1, 0.15) is 72.9 Å². The number of ether oxygens (including phenoxy) is 4. The van der Waals surface area contributed by atoms with Crippen LogP contribution in [0, 0.1) is 18.3 Å². The molecule has 0 saturated carbocycles. The molecule has 0 heterocycles. The van der Waals surface area contributed by atoms with Gasteiger partial charge in [-0.3, -0.25) is 19.2 Å². The molecule has 3 atom stereocenters. The first-order valence-electron chi connectivity index (χ1n) is 17.7. The van der Waals surface area contributed by atoms with Crippen LogP contribution < -0.4 is 26.4 Å². The maximum Gasteiger partial charge on any atom is 0.308 e. The summed E-state index contributed by atoms with van der Waals surface area (Å²) in [5.41, 5.74) is 3.64. The fourth-order valence-electron chi connectivity index (χ4n) is 5.21. The predicted octanol–water partition coefficient (Wildman–Crippen LogP) is 2.77. The Balaban J connectivity index is 2.22. The maximum atomic E-state index is 14.2. The highest BCUT2D eigenvalue weighted by Crippen LogP contribution is 2.24. The summed E-state index contributed by atoms with van der Waals surface area (Å²) in [7, 11) is 0. The van der Waals surface area contributed by atoms with Gasteiger partial charge in [0.25, 0.3) is 5.91 Å². The number of amides is 3. The zero-order chi connectivity index (χ0) is 39.0. The van der Waals surface area contributed by atoms with Gasteiger partial charge in [0, 0.05) is 18.5 Å². The van der Waals surface area contributed by atoms with E-state index in [9.17, 15) is 19.2 Å². The molecular formula is C40H59N4O8+. The van der Waals surface area contributed by atoms with Gasteiger partial charge in [-0.05, 0) is 85.1 Å². The summed E-state index contributed by atoms with van der Waals surface area (Å²) in [5, 5.41) is 8.56. The summed E-state index contributed by atoms with van der Waals surface area (Å²) in [4.78, 5) is 54.0. The molecule has 0 fully saturated rings. The lowest BCUT2D eigenvalue weighted by atomic mass is 9.81. The van der Waals surface area contributed by atoms with Crippen LogP contribution in [0.2, 0.25) is 0 Å². The van der Waals surface area contributed by atoms with Crippen LogP contribution in [0.25, 0.3) is 0 Å². The van der Waals surface area contributed by atoms with Gasteiger partial charge >= 0.3 is 5.97 Å². The summed E-state index contributed by atoms with van der Waals surface area (Å²) in [6.45, 7) is 15.7. The van der Waals surface area contributed by atoms with Crippen molar-refractivity contribution < 1.29 is 43.9 Å². The minimum atomic E-state index is -1.25. The summed E-state index contributed by atoms with van der Waals surface area (Å²) < 4.78 is 22.0. The van der Waals surface area contributed by atoms with Gasteiger partial charge in [-0.1, -0.05) is 48.4 Å². The predicted molar refractivity (Wildman–Crippen MR) is 199 cm³/mol. The third-order valence-electron chi connectivity index (χ3n) is 7.64. The topological polar surface area (TPSA) is 169 Å². The van der Waals surface area contributed by atoms with Crippen LogP contribution >= 0.6 is 0 Å². The van der Waals surface area contributed by atoms with Crippen molar-refractivity contribution in [2.24, 2.45) is 5.92 Å². The number of benzene rings is 2. The molecular weight excluding hydrogens is 664 g/mol. The second kappa shape index (κ2) is 20.6. The van der Waals surface area contributed by atoms with Gasteiger partial charge < -0.3 is 40.6 Å². The molecule has 12 heteroatoms. The highest BCUT2D eigenvalue weighted by Gasteiger charge is 2.40. The molecule has 0 saturated heterocycles. The average molecular weight is 724 g/mol. The molecule has 2 aromatic rings. The second-order valence-electron chi connectivity index (χ2n) is 15.2. The molecule has 0 aliphatic carbocycles. The Bertz CT molecular complexity index is 1470. The summed E-state index contributed by atoms with van der Waals surface area (Å²) in [6, 6.07) is 15.0. The first-order chi connectivity index (χ1) is 24.3. The number of terminal acetylenes is 1. The quantitative estimate of drug-likeness (QED) is 0.0919. The molecule has 52 heavy (non-hydrogen) atoms. The van der Waals surface area contributed by atoms with E-state index < -0.39 is 53.3 Å². The molecule has 0 radical (unpaired) electrons. The van der Waals surface area contributed by atoms with E-state index in [0.29, 0.717) is 13.0 Å². The standard InChI is InChI=1S/C40H58N4O8/c1-10-21-49-23-24-50-22-20-42-37(48)33(27-34(45)52-39(5,6)7)43-35(46)31(25-28-14-12-11-13-15-28)40(8,9)44-36(47)32(41)26-29-16-18-30(19-17-29)51-38(2,3)4/h1,11-19,31-33H,20-27,41H2,2-9H3,(H,42,48)(H,43,46)(H,44,47)/p+1. The van der Waals surface area contributed by atoms with Gasteiger partial charge in [-0.25, -0.2) is 0 Å². The smallest absolute Gasteiger partial charge is 0.308 e. The van der Waals surface area contributed by atoms with E-state index >= 15 is 0 Å². The molecule has 3 unspecified atom stereocenters. The number of carbonyl (C=O) groups is 4. The maximum absolute atomic E-state index is 14.2. The molecule has 6 N–H and O–H groups in total. The van der Waals surface area contributed by atoms with Crippen LogP contribution in [0.4, 0.5) is 0 Å². The summed E-state index contributed by atoms with van der Waals surface area (Å²) >= 11 is 0. The van der Waals surface area contributed by atoms with E-state index in [0.717, 1.165) is 16.9 Å². The zero-order valence-electron chi connectivity index (χ0n) is 32.1.